The summed E-state index contributed by atoms with van der Waals surface area (Å²) in [6, 6.07) is 12.7. The fourth-order valence-corrected chi connectivity index (χ4v) is 4.91. The number of nitrogens with one attached hydrogen (secondary N) is 1. The van der Waals surface area contributed by atoms with Gasteiger partial charge in [-0.25, -0.2) is 4.79 Å². The lowest BCUT2D eigenvalue weighted by atomic mass is 9.74. The number of ketones is 2. The van der Waals surface area contributed by atoms with Crippen molar-refractivity contribution in [1.82, 2.24) is 10.2 Å². The van der Waals surface area contributed by atoms with Gasteiger partial charge in [-0.3, -0.25) is 9.59 Å². The molecule has 0 aliphatic heterocycles. The number of hydrogen-bond donors (Lipinski definition) is 1. The number of benzene rings is 2. The highest BCUT2D eigenvalue weighted by molar-refractivity contribution is 6.00. The van der Waals surface area contributed by atoms with Gasteiger partial charge in [-0.2, -0.15) is 0 Å². The number of ether oxygens (including phenoxy) is 3. The summed E-state index contributed by atoms with van der Waals surface area (Å²) in [6.07, 6.45) is 2.02. The molecule has 2 amide bonds. The quantitative estimate of drug-likeness (QED) is 0.294. The van der Waals surface area contributed by atoms with Crippen molar-refractivity contribution in [3.05, 3.63) is 59.2 Å². The molecule has 3 rings (SSSR count). The van der Waals surface area contributed by atoms with Crippen molar-refractivity contribution in [3.8, 4) is 11.5 Å². The van der Waals surface area contributed by atoms with Crippen molar-refractivity contribution in [2.24, 2.45) is 0 Å². The maximum Gasteiger partial charge on any atom is 0.318 e. The number of Topliss-reactive ketones (excluding diaryl/α,β-unsaturated/α-hetero) is 2. The molecule has 1 aliphatic carbocycles. The zero-order valence-corrected chi connectivity index (χ0v) is 24.0. The Bertz CT molecular complexity index is 1120. The third-order valence-corrected chi connectivity index (χ3v) is 7.45. The van der Waals surface area contributed by atoms with Crippen molar-refractivity contribution in [2.75, 3.05) is 26.4 Å². The molecule has 2 atom stereocenters. The minimum atomic E-state index is -0.821. The van der Waals surface area contributed by atoms with Crippen LogP contribution in [0, 0.1) is 0 Å². The van der Waals surface area contributed by atoms with Gasteiger partial charge in [0.15, 0.2) is 11.6 Å². The molecular formula is C31H42N2O6. The summed E-state index contributed by atoms with van der Waals surface area (Å²) in [7, 11) is 0. The van der Waals surface area contributed by atoms with E-state index in [1.165, 1.54) is 13.8 Å². The highest BCUT2D eigenvalue weighted by atomic mass is 16.5. The molecule has 0 heterocycles. The summed E-state index contributed by atoms with van der Waals surface area (Å²) in [5.74, 6) is 0.650. The Labute approximate surface area is 232 Å². The normalized spacial score (nSPS) is 15.4. The molecule has 1 fully saturated rings. The molecule has 212 valence electrons. The number of carbonyl (C=O) groups is 3. The first-order valence-corrected chi connectivity index (χ1v) is 13.8. The minimum Gasteiger partial charge on any atom is -0.493 e. The van der Waals surface area contributed by atoms with Gasteiger partial charge < -0.3 is 24.4 Å². The fourth-order valence-electron chi connectivity index (χ4n) is 4.91. The SMILES string of the molecule is CCOc1cc([C@@H](C)N(CCO[C@@H](C)c2ccccc2)C(=O)NC2(C(C)=O)CCC2)cc(OCC)c1C(C)=O. The van der Waals surface area contributed by atoms with E-state index in [-0.39, 0.29) is 23.7 Å². The molecule has 0 aromatic heterocycles. The molecule has 1 N–H and O–H groups in total. The lowest BCUT2D eigenvalue weighted by Crippen LogP contribution is -2.61. The number of urea groups is 1. The number of carbonyl (C=O) groups excluding carboxylic acids is 3. The molecule has 39 heavy (non-hydrogen) atoms. The second-order valence-corrected chi connectivity index (χ2v) is 10.0. The molecule has 8 heteroatoms. The Morgan fingerprint density at radius 1 is 0.949 bits per heavy atom. The topological polar surface area (TPSA) is 94.2 Å². The number of nitrogens with zero attached hydrogens (tertiary/aromatic N) is 1. The minimum absolute atomic E-state index is 0.0354. The van der Waals surface area contributed by atoms with E-state index < -0.39 is 11.6 Å². The van der Waals surface area contributed by atoms with Crippen LogP contribution in [0.25, 0.3) is 0 Å². The van der Waals surface area contributed by atoms with E-state index in [1.807, 2.05) is 58.0 Å². The van der Waals surface area contributed by atoms with Gasteiger partial charge >= 0.3 is 6.03 Å². The van der Waals surface area contributed by atoms with Crippen LogP contribution in [0.3, 0.4) is 0 Å². The molecular weight excluding hydrogens is 496 g/mol. The Kier molecular flexibility index (Phi) is 10.5. The van der Waals surface area contributed by atoms with E-state index >= 15 is 0 Å². The van der Waals surface area contributed by atoms with Crippen molar-refractivity contribution in [2.45, 2.75) is 78.5 Å². The summed E-state index contributed by atoms with van der Waals surface area (Å²) in [4.78, 5) is 40.3. The van der Waals surface area contributed by atoms with E-state index in [4.69, 9.17) is 14.2 Å². The molecule has 8 nitrogen and oxygen atoms in total. The van der Waals surface area contributed by atoms with Crippen molar-refractivity contribution in [3.63, 3.8) is 0 Å². The lowest BCUT2D eigenvalue weighted by Gasteiger charge is -2.42. The summed E-state index contributed by atoms with van der Waals surface area (Å²) in [6.45, 7) is 11.9. The Morgan fingerprint density at radius 3 is 2.00 bits per heavy atom. The summed E-state index contributed by atoms with van der Waals surface area (Å²) in [5, 5.41) is 3.02. The van der Waals surface area contributed by atoms with Crippen LogP contribution < -0.4 is 14.8 Å². The van der Waals surface area contributed by atoms with Crippen LogP contribution in [-0.4, -0.2) is 54.4 Å². The third-order valence-electron chi connectivity index (χ3n) is 7.45. The molecule has 2 aromatic carbocycles. The molecule has 2 aromatic rings. The zero-order chi connectivity index (χ0) is 28.6. The third kappa shape index (κ3) is 7.18. The maximum atomic E-state index is 13.7. The van der Waals surface area contributed by atoms with Crippen molar-refractivity contribution >= 4 is 17.6 Å². The van der Waals surface area contributed by atoms with E-state index in [9.17, 15) is 14.4 Å². The van der Waals surface area contributed by atoms with Crippen LogP contribution in [0.1, 0.15) is 94.4 Å². The molecule has 0 radical (unpaired) electrons. The first kappa shape index (κ1) is 30.2. The maximum absolute atomic E-state index is 13.7. The number of hydrogen-bond acceptors (Lipinski definition) is 6. The van der Waals surface area contributed by atoms with Crippen molar-refractivity contribution in [1.29, 1.82) is 0 Å². The second-order valence-electron chi connectivity index (χ2n) is 10.0. The predicted octanol–water partition coefficient (Wildman–Crippen LogP) is 6.05. The molecule has 1 saturated carbocycles. The van der Waals surface area contributed by atoms with Crippen LogP contribution in [-0.2, 0) is 9.53 Å². The average molecular weight is 539 g/mol. The second kappa shape index (κ2) is 13.6. The molecule has 0 saturated heterocycles. The highest BCUT2D eigenvalue weighted by Crippen LogP contribution is 2.37. The van der Waals surface area contributed by atoms with Gasteiger partial charge in [0.1, 0.15) is 17.1 Å². The Balaban J connectivity index is 1.91. The number of amides is 2. The molecule has 0 unspecified atom stereocenters. The van der Waals surface area contributed by atoms with Gasteiger partial charge in [-0.1, -0.05) is 30.3 Å². The summed E-state index contributed by atoms with van der Waals surface area (Å²) in [5.41, 5.74) is 1.37. The standard InChI is InChI=1S/C31H42N2O6/c1-7-37-27-19-26(20-28(38-8-2)29(27)22(4)34)21(3)33(30(36)32-31(24(6)35)15-12-16-31)17-18-39-23(5)25-13-10-9-11-14-25/h9-11,13-14,19-21,23H,7-8,12,15-18H2,1-6H3,(H,32,36)/t21-,23+/m1/s1. The van der Waals surface area contributed by atoms with Crippen LogP contribution >= 0.6 is 0 Å². The molecule has 1 aliphatic rings. The van der Waals surface area contributed by atoms with E-state index in [2.05, 4.69) is 5.32 Å². The van der Waals surface area contributed by atoms with Crippen LogP contribution in [0.4, 0.5) is 4.79 Å². The smallest absolute Gasteiger partial charge is 0.318 e. The zero-order valence-electron chi connectivity index (χ0n) is 24.0. The van der Waals surface area contributed by atoms with Gasteiger partial charge in [0.05, 0.1) is 37.5 Å². The molecule has 0 bridgehead atoms. The average Bonchev–Trinajstić information content (AvgIpc) is 2.88. The van der Waals surface area contributed by atoms with Crippen LogP contribution in [0.2, 0.25) is 0 Å². The first-order valence-electron chi connectivity index (χ1n) is 13.8. The monoisotopic (exact) mass is 538 g/mol. The van der Waals surface area contributed by atoms with Crippen LogP contribution in [0.15, 0.2) is 42.5 Å². The Hall–Kier alpha value is -3.39. The highest BCUT2D eigenvalue weighted by Gasteiger charge is 2.44. The first-order chi connectivity index (χ1) is 18.6. The van der Waals surface area contributed by atoms with Gasteiger partial charge in [0.2, 0.25) is 0 Å². The van der Waals surface area contributed by atoms with Crippen LogP contribution in [0.5, 0.6) is 11.5 Å². The van der Waals surface area contributed by atoms with Gasteiger partial charge in [0, 0.05) is 6.54 Å². The van der Waals surface area contributed by atoms with Gasteiger partial charge in [0.25, 0.3) is 0 Å². The van der Waals surface area contributed by atoms with Gasteiger partial charge in [-0.05, 0) is 84.1 Å². The molecule has 0 spiro atoms. The number of rotatable bonds is 14. The largest absolute Gasteiger partial charge is 0.493 e. The van der Waals surface area contributed by atoms with Crippen molar-refractivity contribution < 1.29 is 28.6 Å². The summed E-state index contributed by atoms with van der Waals surface area (Å²) < 4.78 is 17.8. The van der Waals surface area contributed by atoms with E-state index in [0.717, 1.165) is 17.5 Å². The van der Waals surface area contributed by atoms with Gasteiger partial charge in [-0.15, -0.1) is 0 Å². The van der Waals surface area contributed by atoms with E-state index in [0.29, 0.717) is 56.3 Å². The van der Waals surface area contributed by atoms with E-state index in [1.54, 1.807) is 17.0 Å². The summed E-state index contributed by atoms with van der Waals surface area (Å²) >= 11 is 0. The Morgan fingerprint density at radius 2 is 1.54 bits per heavy atom. The fraction of sp³-hybridized carbons (Fsp3) is 0.516. The predicted molar refractivity (Wildman–Crippen MR) is 151 cm³/mol. The lowest BCUT2D eigenvalue weighted by molar-refractivity contribution is -0.126.